The lowest BCUT2D eigenvalue weighted by molar-refractivity contribution is -0.123. The first kappa shape index (κ1) is 20.0. The molecule has 2 saturated heterocycles. The Hall–Kier alpha value is -2.25. The van der Waals surface area contributed by atoms with Crippen molar-refractivity contribution in [2.45, 2.75) is 18.0 Å². The molecule has 154 valence electrons. The number of benzene rings is 2. The molecule has 6 nitrogen and oxygen atoms in total. The quantitative estimate of drug-likeness (QED) is 0.657. The molecule has 3 N–H and O–H groups in total. The summed E-state index contributed by atoms with van der Waals surface area (Å²) in [5, 5.41) is 16.1. The van der Waals surface area contributed by atoms with Gasteiger partial charge in [-0.05, 0) is 16.7 Å². The van der Waals surface area contributed by atoms with Crippen LogP contribution in [0.5, 0.6) is 0 Å². The minimum absolute atomic E-state index is 0.0266. The lowest BCUT2D eigenvalue weighted by Crippen LogP contribution is -2.65. The molecule has 29 heavy (non-hydrogen) atoms. The molecule has 2 heterocycles. The summed E-state index contributed by atoms with van der Waals surface area (Å²) < 4.78 is 5.32. The Kier molecular flexibility index (Phi) is 6.56. The fourth-order valence-corrected chi connectivity index (χ4v) is 4.23. The van der Waals surface area contributed by atoms with Gasteiger partial charge in [-0.15, -0.1) is 0 Å². The average Bonchev–Trinajstić information content (AvgIpc) is 2.75. The van der Waals surface area contributed by atoms with Gasteiger partial charge in [0.05, 0.1) is 26.4 Å². The van der Waals surface area contributed by atoms with Crippen LogP contribution in [-0.2, 0) is 9.53 Å². The second-order valence-corrected chi connectivity index (χ2v) is 7.77. The van der Waals surface area contributed by atoms with Gasteiger partial charge >= 0.3 is 0 Å². The second kappa shape index (κ2) is 9.50. The number of hydrogen-bond donors (Lipinski definition) is 3. The minimum Gasteiger partial charge on any atom is -0.395 e. The zero-order valence-corrected chi connectivity index (χ0v) is 16.6. The van der Waals surface area contributed by atoms with Crippen LogP contribution in [0.1, 0.15) is 11.5 Å². The van der Waals surface area contributed by atoms with E-state index in [1.165, 1.54) is 16.7 Å². The maximum Gasteiger partial charge on any atom is 0.234 e. The summed E-state index contributed by atoms with van der Waals surface area (Å²) in [4.78, 5) is 14.4. The van der Waals surface area contributed by atoms with Crippen molar-refractivity contribution in [3.05, 3.63) is 60.2 Å². The highest BCUT2D eigenvalue weighted by atomic mass is 16.5. The van der Waals surface area contributed by atoms with Crippen LogP contribution < -0.4 is 10.6 Å². The van der Waals surface area contributed by atoms with Gasteiger partial charge in [0.2, 0.25) is 5.91 Å². The van der Waals surface area contributed by atoms with Crippen LogP contribution in [0.4, 0.5) is 0 Å². The molecule has 3 atom stereocenters. The fourth-order valence-electron chi connectivity index (χ4n) is 4.23. The monoisotopic (exact) mass is 395 g/mol. The molecule has 1 amide bonds. The molecule has 6 heteroatoms. The van der Waals surface area contributed by atoms with Gasteiger partial charge in [0.15, 0.2) is 0 Å². The molecule has 2 aromatic carbocycles. The third kappa shape index (κ3) is 4.85. The average molecular weight is 396 g/mol. The standard InChI is InChI=1S/C23H29N3O3/c27-16-21-23(19-8-6-18(7-9-19)17-4-2-1-3-5-17)20(25-21)14-24-22(28)15-26-10-12-29-13-11-26/h1-9,20-21,23,25,27H,10-16H2,(H,24,28)/t20-,21-,23-/m1/s1. The van der Waals surface area contributed by atoms with Crippen molar-refractivity contribution >= 4 is 5.91 Å². The second-order valence-electron chi connectivity index (χ2n) is 7.77. The van der Waals surface area contributed by atoms with Gasteiger partial charge in [-0.25, -0.2) is 0 Å². The number of hydrogen-bond acceptors (Lipinski definition) is 5. The van der Waals surface area contributed by atoms with Gasteiger partial charge in [0, 0.05) is 37.6 Å². The summed E-state index contributed by atoms with van der Waals surface area (Å²) >= 11 is 0. The fraction of sp³-hybridized carbons (Fsp3) is 0.435. The van der Waals surface area contributed by atoms with E-state index >= 15 is 0 Å². The molecule has 2 aromatic rings. The van der Waals surface area contributed by atoms with Crippen LogP contribution in [-0.4, -0.2) is 74.0 Å². The minimum atomic E-state index is 0.0266. The number of amides is 1. The van der Waals surface area contributed by atoms with E-state index in [-0.39, 0.29) is 30.5 Å². The first-order valence-electron chi connectivity index (χ1n) is 10.3. The van der Waals surface area contributed by atoms with Gasteiger partial charge < -0.3 is 20.5 Å². The molecule has 2 aliphatic rings. The highest BCUT2D eigenvalue weighted by Gasteiger charge is 2.40. The van der Waals surface area contributed by atoms with Crippen molar-refractivity contribution in [1.29, 1.82) is 0 Å². The molecule has 2 fully saturated rings. The van der Waals surface area contributed by atoms with Crippen molar-refractivity contribution in [2.24, 2.45) is 0 Å². The van der Waals surface area contributed by atoms with Gasteiger partial charge in [-0.1, -0.05) is 54.6 Å². The predicted octanol–water partition coefficient (Wildman–Crippen LogP) is 1.22. The maximum atomic E-state index is 12.3. The van der Waals surface area contributed by atoms with E-state index in [0.717, 1.165) is 13.1 Å². The van der Waals surface area contributed by atoms with E-state index in [1.54, 1.807) is 0 Å². The number of rotatable bonds is 7. The normalized spacial score (nSPS) is 24.7. The Morgan fingerprint density at radius 2 is 1.72 bits per heavy atom. The van der Waals surface area contributed by atoms with Gasteiger partial charge in [-0.3, -0.25) is 9.69 Å². The molecule has 0 bridgehead atoms. The molecular formula is C23H29N3O3. The van der Waals surface area contributed by atoms with Crippen molar-refractivity contribution in [1.82, 2.24) is 15.5 Å². The number of ether oxygens (including phenoxy) is 1. The maximum absolute atomic E-state index is 12.3. The first-order valence-corrected chi connectivity index (χ1v) is 10.3. The third-order valence-corrected chi connectivity index (χ3v) is 5.88. The summed E-state index contributed by atoms with van der Waals surface area (Å²) in [5.41, 5.74) is 3.56. The Labute approximate surface area is 171 Å². The lowest BCUT2D eigenvalue weighted by atomic mass is 9.77. The summed E-state index contributed by atoms with van der Waals surface area (Å²) in [6.45, 7) is 4.05. The summed E-state index contributed by atoms with van der Waals surface area (Å²) in [6.07, 6.45) is 0. The highest BCUT2D eigenvalue weighted by Crippen LogP contribution is 2.33. The van der Waals surface area contributed by atoms with Gasteiger partial charge in [0.25, 0.3) is 0 Å². The van der Waals surface area contributed by atoms with Crippen LogP contribution in [0, 0.1) is 0 Å². The molecule has 0 saturated carbocycles. The summed E-state index contributed by atoms with van der Waals surface area (Å²) in [7, 11) is 0. The largest absolute Gasteiger partial charge is 0.395 e. The molecular weight excluding hydrogens is 366 g/mol. The lowest BCUT2D eigenvalue weighted by Gasteiger charge is -2.46. The number of carbonyl (C=O) groups is 1. The van der Waals surface area contributed by atoms with Crippen molar-refractivity contribution < 1.29 is 14.6 Å². The summed E-state index contributed by atoms with van der Waals surface area (Å²) in [6, 6.07) is 19.0. The molecule has 2 aliphatic heterocycles. The number of nitrogens with one attached hydrogen (secondary N) is 2. The molecule has 0 radical (unpaired) electrons. The first-order chi connectivity index (χ1) is 14.2. The highest BCUT2D eigenvalue weighted by molar-refractivity contribution is 5.78. The van der Waals surface area contributed by atoms with Crippen molar-refractivity contribution in [3.8, 4) is 11.1 Å². The molecule has 0 spiro atoms. The Morgan fingerprint density at radius 3 is 2.41 bits per heavy atom. The van der Waals surface area contributed by atoms with Crippen LogP contribution in [0.2, 0.25) is 0 Å². The van der Waals surface area contributed by atoms with E-state index in [2.05, 4.69) is 51.9 Å². The Balaban J connectivity index is 1.34. The zero-order valence-electron chi connectivity index (χ0n) is 16.6. The van der Waals surface area contributed by atoms with E-state index in [1.807, 2.05) is 18.2 Å². The van der Waals surface area contributed by atoms with E-state index < -0.39 is 0 Å². The van der Waals surface area contributed by atoms with E-state index in [9.17, 15) is 9.90 Å². The Bertz CT molecular complexity index is 791. The van der Waals surface area contributed by atoms with Crippen LogP contribution in [0.3, 0.4) is 0 Å². The smallest absolute Gasteiger partial charge is 0.234 e. The van der Waals surface area contributed by atoms with Gasteiger partial charge in [-0.2, -0.15) is 0 Å². The molecule has 0 aliphatic carbocycles. The molecule has 0 unspecified atom stereocenters. The van der Waals surface area contributed by atoms with Crippen LogP contribution >= 0.6 is 0 Å². The van der Waals surface area contributed by atoms with Crippen molar-refractivity contribution in [2.75, 3.05) is 46.0 Å². The van der Waals surface area contributed by atoms with Crippen LogP contribution in [0.25, 0.3) is 11.1 Å². The SMILES string of the molecule is O=C(CN1CCOCC1)NC[C@H]1N[C@H](CO)[C@@H]1c1ccc(-c2ccccc2)cc1. The molecule has 4 rings (SSSR count). The number of aliphatic hydroxyl groups is 1. The molecule has 0 aromatic heterocycles. The van der Waals surface area contributed by atoms with E-state index in [0.29, 0.717) is 26.3 Å². The number of aliphatic hydroxyl groups excluding tert-OH is 1. The number of nitrogens with zero attached hydrogens (tertiary/aromatic N) is 1. The van der Waals surface area contributed by atoms with Crippen LogP contribution in [0.15, 0.2) is 54.6 Å². The zero-order chi connectivity index (χ0) is 20.1. The Morgan fingerprint density at radius 1 is 1.03 bits per heavy atom. The third-order valence-electron chi connectivity index (χ3n) is 5.88. The number of carbonyl (C=O) groups excluding carboxylic acids is 1. The summed E-state index contributed by atoms with van der Waals surface area (Å²) in [5.74, 6) is 0.229. The topological polar surface area (TPSA) is 73.8 Å². The van der Waals surface area contributed by atoms with Crippen molar-refractivity contribution in [3.63, 3.8) is 0 Å². The van der Waals surface area contributed by atoms with Gasteiger partial charge in [0.1, 0.15) is 0 Å². The predicted molar refractivity (Wildman–Crippen MR) is 113 cm³/mol. The number of morpholine rings is 1. The van der Waals surface area contributed by atoms with E-state index in [4.69, 9.17) is 4.74 Å².